The van der Waals surface area contributed by atoms with Crippen LogP contribution in [-0.2, 0) is 20.7 Å². The summed E-state index contributed by atoms with van der Waals surface area (Å²) in [6, 6.07) is 5.67. The van der Waals surface area contributed by atoms with Crippen molar-refractivity contribution in [3.8, 4) is 5.75 Å². The van der Waals surface area contributed by atoms with Gasteiger partial charge in [0.1, 0.15) is 12.4 Å². The number of nitrogens with two attached hydrogens (primary N) is 1. The molecule has 20 heavy (non-hydrogen) atoms. The first-order valence-corrected chi connectivity index (χ1v) is 6.32. The zero-order chi connectivity index (χ0) is 14.4. The monoisotopic (exact) mass is 278 g/mol. The van der Waals surface area contributed by atoms with Gasteiger partial charge in [-0.3, -0.25) is 4.79 Å². The predicted molar refractivity (Wildman–Crippen MR) is 75.8 cm³/mol. The van der Waals surface area contributed by atoms with Crippen LogP contribution in [0.2, 0.25) is 0 Å². The number of anilines is 1. The highest BCUT2D eigenvalue weighted by Gasteiger charge is 2.07. The number of hydrogen-bond acceptors (Lipinski definition) is 5. The lowest BCUT2D eigenvalue weighted by atomic mass is 10.2. The maximum absolute atomic E-state index is 10.1. The van der Waals surface area contributed by atoms with Gasteiger partial charge >= 0.3 is 0 Å². The summed E-state index contributed by atoms with van der Waals surface area (Å²) in [6.45, 7) is 1.79. The van der Waals surface area contributed by atoms with Crippen molar-refractivity contribution in [2.45, 2.75) is 6.42 Å². The van der Waals surface area contributed by atoms with Gasteiger partial charge in [-0.25, -0.2) is 0 Å². The van der Waals surface area contributed by atoms with E-state index in [1.165, 1.54) is 0 Å². The number of nitrogen functional groups attached to an aromatic ring is 1. The third-order valence-electron chi connectivity index (χ3n) is 2.90. The normalized spacial score (nSPS) is 10.7. The molecule has 6 nitrogen and oxygen atoms in total. The molecule has 0 spiro atoms. The Balaban J connectivity index is 2.14. The van der Waals surface area contributed by atoms with Crippen LogP contribution in [0.4, 0.5) is 5.69 Å². The van der Waals surface area contributed by atoms with Gasteiger partial charge in [0.05, 0.1) is 24.4 Å². The minimum absolute atomic E-state index is 0.341. The maximum atomic E-state index is 10.1. The highest BCUT2D eigenvalue weighted by molar-refractivity contribution is 5.92. The van der Waals surface area contributed by atoms with Gasteiger partial charge in [0.2, 0.25) is 0 Å². The first-order chi connectivity index (χ1) is 9.74. The van der Waals surface area contributed by atoms with Crippen molar-refractivity contribution < 1.29 is 19.0 Å². The molecule has 0 aliphatic carbocycles. The van der Waals surface area contributed by atoms with Gasteiger partial charge in [0, 0.05) is 30.7 Å². The molecule has 0 atom stereocenters. The molecule has 108 valence electrons. The first-order valence-electron chi connectivity index (χ1n) is 6.32. The van der Waals surface area contributed by atoms with E-state index in [-0.39, 0.29) is 0 Å². The zero-order valence-electron chi connectivity index (χ0n) is 11.3. The molecule has 3 N–H and O–H groups in total. The number of fused-ring (bicyclic) bond motifs is 1. The number of methoxy groups -OCH3 is 1. The third kappa shape index (κ3) is 3.42. The SMILES string of the molecule is COCCOc1cc(N)c2[nH]c(CCOC=O)cc2c1. The zero-order valence-corrected chi connectivity index (χ0v) is 11.3. The molecule has 0 saturated carbocycles. The minimum Gasteiger partial charge on any atom is -0.491 e. The molecular weight excluding hydrogens is 260 g/mol. The number of H-pyrrole nitrogens is 1. The fraction of sp³-hybridized carbons (Fsp3) is 0.357. The van der Waals surface area contributed by atoms with Crippen molar-refractivity contribution in [1.82, 2.24) is 4.98 Å². The number of aromatic amines is 1. The number of ether oxygens (including phenoxy) is 3. The van der Waals surface area contributed by atoms with Crippen LogP contribution in [0.15, 0.2) is 18.2 Å². The Morgan fingerprint density at radius 2 is 2.10 bits per heavy atom. The van der Waals surface area contributed by atoms with E-state index in [9.17, 15) is 4.79 Å². The minimum atomic E-state index is 0.341. The summed E-state index contributed by atoms with van der Waals surface area (Å²) in [6.07, 6.45) is 0.618. The Hall–Kier alpha value is -2.21. The van der Waals surface area contributed by atoms with Gasteiger partial charge < -0.3 is 24.9 Å². The van der Waals surface area contributed by atoms with Gasteiger partial charge in [0.25, 0.3) is 6.47 Å². The molecule has 1 aromatic carbocycles. The lowest BCUT2D eigenvalue weighted by molar-refractivity contribution is -0.128. The fourth-order valence-corrected chi connectivity index (χ4v) is 1.98. The Kier molecular flexibility index (Phi) is 4.84. The highest BCUT2D eigenvalue weighted by atomic mass is 16.5. The molecule has 0 amide bonds. The van der Waals surface area contributed by atoms with Crippen LogP contribution in [0.5, 0.6) is 5.75 Å². The van der Waals surface area contributed by atoms with Gasteiger partial charge in [0.15, 0.2) is 0 Å². The molecular formula is C14H18N2O4. The van der Waals surface area contributed by atoms with E-state index in [0.717, 1.165) is 16.6 Å². The Labute approximate surface area is 116 Å². The molecule has 2 aromatic rings. The summed E-state index contributed by atoms with van der Waals surface area (Å²) in [5.74, 6) is 0.710. The van der Waals surface area contributed by atoms with Crippen LogP contribution in [-0.4, -0.2) is 38.4 Å². The average molecular weight is 278 g/mol. The van der Waals surface area contributed by atoms with E-state index in [4.69, 9.17) is 15.2 Å². The van der Waals surface area contributed by atoms with Crippen LogP contribution < -0.4 is 10.5 Å². The number of rotatable bonds is 8. The van der Waals surface area contributed by atoms with Crippen molar-refractivity contribution in [1.29, 1.82) is 0 Å². The smallest absolute Gasteiger partial charge is 0.293 e. The van der Waals surface area contributed by atoms with Crippen LogP contribution in [0.3, 0.4) is 0 Å². The van der Waals surface area contributed by atoms with Crippen LogP contribution in [0, 0.1) is 0 Å². The topological polar surface area (TPSA) is 86.6 Å². The number of hydrogen-bond donors (Lipinski definition) is 2. The van der Waals surface area contributed by atoms with Gasteiger partial charge in [-0.15, -0.1) is 0 Å². The standard InChI is InChI=1S/C14H18N2O4/c1-18-4-5-20-12-7-10-6-11(2-3-19-9-17)16-14(10)13(15)8-12/h6-9,16H,2-5,15H2,1H3. The van der Waals surface area contributed by atoms with Crippen molar-refractivity contribution in [2.75, 3.05) is 32.7 Å². The second-order valence-electron chi connectivity index (χ2n) is 4.33. The van der Waals surface area contributed by atoms with E-state index in [1.54, 1.807) is 13.2 Å². The summed E-state index contributed by atoms with van der Waals surface area (Å²) < 4.78 is 15.2. The van der Waals surface area contributed by atoms with E-state index >= 15 is 0 Å². The van der Waals surface area contributed by atoms with E-state index < -0.39 is 0 Å². The maximum Gasteiger partial charge on any atom is 0.293 e. The predicted octanol–water partition coefficient (Wildman–Crippen LogP) is 1.49. The summed E-state index contributed by atoms with van der Waals surface area (Å²) in [5.41, 5.74) is 8.45. The van der Waals surface area contributed by atoms with Crippen molar-refractivity contribution in [3.05, 3.63) is 23.9 Å². The summed E-state index contributed by atoms with van der Waals surface area (Å²) in [7, 11) is 1.63. The molecule has 0 radical (unpaired) electrons. The number of carbonyl (C=O) groups is 1. The van der Waals surface area contributed by atoms with Gasteiger partial charge in [-0.05, 0) is 12.1 Å². The molecule has 0 aliphatic rings. The van der Waals surface area contributed by atoms with E-state index in [2.05, 4.69) is 9.72 Å². The van der Waals surface area contributed by atoms with E-state index in [0.29, 0.717) is 44.2 Å². The van der Waals surface area contributed by atoms with Crippen LogP contribution >= 0.6 is 0 Å². The molecule has 0 saturated heterocycles. The number of nitrogens with one attached hydrogen (secondary N) is 1. The van der Waals surface area contributed by atoms with Crippen molar-refractivity contribution in [2.24, 2.45) is 0 Å². The van der Waals surface area contributed by atoms with Gasteiger partial charge in [-0.1, -0.05) is 0 Å². The Morgan fingerprint density at radius 1 is 1.25 bits per heavy atom. The highest BCUT2D eigenvalue weighted by Crippen LogP contribution is 2.27. The molecule has 0 aliphatic heterocycles. The fourth-order valence-electron chi connectivity index (χ4n) is 1.98. The summed E-state index contributed by atoms with van der Waals surface area (Å²) in [4.78, 5) is 13.3. The molecule has 0 unspecified atom stereocenters. The van der Waals surface area contributed by atoms with Crippen molar-refractivity contribution in [3.63, 3.8) is 0 Å². The summed E-state index contributed by atoms with van der Waals surface area (Å²) >= 11 is 0. The molecule has 2 rings (SSSR count). The second kappa shape index (κ2) is 6.81. The molecule has 0 bridgehead atoms. The third-order valence-corrected chi connectivity index (χ3v) is 2.90. The number of aromatic nitrogens is 1. The largest absolute Gasteiger partial charge is 0.491 e. The lowest BCUT2D eigenvalue weighted by Crippen LogP contribution is -2.04. The second-order valence-corrected chi connectivity index (χ2v) is 4.33. The molecule has 1 aromatic heterocycles. The van der Waals surface area contributed by atoms with E-state index in [1.807, 2.05) is 12.1 Å². The number of benzene rings is 1. The summed E-state index contributed by atoms with van der Waals surface area (Å²) in [5, 5.41) is 0.971. The van der Waals surface area contributed by atoms with Crippen molar-refractivity contribution >= 4 is 23.1 Å². The molecule has 1 heterocycles. The lowest BCUT2D eigenvalue weighted by Gasteiger charge is -2.06. The Morgan fingerprint density at radius 3 is 2.85 bits per heavy atom. The first kappa shape index (κ1) is 14.2. The molecule has 6 heteroatoms. The van der Waals surface area contributed by atoms with Crippen LogP contribution in [0.1, 0.15) is 5.69 Å². The van der Waals surface area contributed by atoms with Crippen LogP contribution in [0.25, 0.3) is 10.9 Å². The Bertz CT molecular complexity index is 580. The quantitative estimate of drug-likeness (QED) is 0.434. The number of carbonyl (C=O) groups excluding carboxylic acids is 1. The van der Waals surface area contributed by atoms with Gasteiger partial charge in [-0.2, -0.15) is 0 Å². The average Bonchev–Trinajstić information content (AvgIpc) is 2.83. The molecule has 0 fully saturated rings.